The second kappa shape index (κ2) is 6.74. The Hall–Kier alpha value is -1.84. The van der Waals surface area contributed by atoms with E-state index in [-0.39, 0.29) is 23.8 Å². The number of aliphatic carboxylic acids is 1. The van der Waals surface area contributed by atoms with Crippen LogP contribution in [-0.4, -0.2) is 28.9 Å². The largest absolute Gasteiger partial charge is 0.481 e. The summed E-state index contributed by atoms with van der Waals surface area (Å²) in [5.41, 5.74) is 1.12. The Morgan fingerprint density at radius 1 is 1.10 bits per heavy atom. The van der Waals surface area contributed by atoms with E-state index >= 15 is 0 Å². The molecule has 1 aliphatic carbocycles. The molecule has 1 fully saturated rings. The zero-order valence-electron chi connectivity index (χ0n) is 12.7. The van der Waals surface area contributed by atoms with Crippen molar-refractivity contribution < 1.29 is 14.7 Å². The van der Waals surface area contributed by atoms with Crippen molar-refractivity contribution in [3.63, 3.8) is 0 Å². The predicted octanol–water partition coefficient (Wildman–Crippen LogP) is 3.10. The summed E-state index contributed by atoms with van der Waals surface area (Å²) in [6, 6.07) is 10.00. The predicted molar refractivity (Wildman–Crippen MR) is 80.7 cm³/mol. The Kier molecular flexibility index (Phi) is 4.99. The summed E-state index contributed by atoms with van der Waals surface area (Å²) in [6.07, 6.45) is 2.59. The highest BCUT2D eigenvalue weighted by Gasteiger charge is 2.32. The van der Waals surface area contributed by atoms with Gasteiger partial charge in [0.15, 0.2) is 0 Å². The van der Waals surface area contributed by atoms with Gasteiger partial charge >= 0.3 is 5.97 Å². The number of amides is 1. The third kappa shape index (κ3) is 3.63. The molecule has 0 spiro atoms. The molecule has 1 aromatic carbocycles. The second-order valence-corrected chi connectivity index (χ2v) is 5.92. The van der Waals surface area contributed by atoms with Crippen molar-refractivity contribution in [2.24, 2.45) is 11.8 Å². The molecule has 0 unspecified atom stereocenters. The number of hydrogen-bond acceptors (Lipinski definition) is 2. The molecule has 0 aromatic heterocycles. The van der Waals surface area contributed by atoms with Crippen molar-refractivity contribution in [2.75, 3.05) is 7.05 Å². The maximum absolute atomic E-state index is 12.6. The van der Waals surface area contributed by atoms with Crippen LogP contribution < -0.4 is 0 Å². The first kappa shape index (κ1) is 15.5. The molecule has 0 radical (unpaired) electrons. The van der Waals surface area contributed by atoms with Gasteiger partial charge in [0.1, 0.15) is 0 Å². The molecule has 0 heterocycles. The zero-order chi connectivity index (χ0) is 15.4. The Bertz CT molecular complexity index is 492. The van der Waals surface area contributed by atoms with Gasteiger partial charge in [-0.2, -0.15) is 0 Å². The van der Waals surface area contributed by atoms with Gasteiger partial charge < -0.3 is 10.0 Å². The van der Waals surface area contributed by atoms with E-state index < -0.39 is 5.97 Å². The summed E-state index contributed by atoms with van der Waals surface area (Å²) >= 11 is 0. The summed E-state index contributed by atoms with van der Waals surface area (Å²) < 4.78 is 0. The van der Waals surface area contributed by atoms with Crippen LogP contribution in [0.15, 0.2) is 30.3 Å². The summed E-state index contributed by atoms with van der Waals surface area (Å²) in [4.78, 5) is 25.3. The topological polar surface area (TPSA) is 57.6 Å². The fourth-order valence-electron chi connectivity index (χ4n) is 3.02. The van der Waals surface area contributed by atoms with Crippen LogP contribution in [0.5, 0.6) is 0 Å². The van der Waals surface area contributed by atoms with Crippen LogP contribution in [0.4, 0.5) is 0 Å². The standard InChI is InChI=1S/C17H23NO3/c1-12(13-6-4-3-5-7-13)18(2)16(19)14-8-10-15(11-9-14)17(20)21/h3-7,12,14-15H,8-11H2,1-2H3,(H,20,21)/t12-,14?,15?/m0/s1. The fraction of sp³-hybridized carbons (Fsp3) is 0.529. The number of benzene rings is 1. The lowest BCUT2D eigenvalue weighted by molar-refractivity contribution is -0.145. The molecule has 1 saturated carbocycles. The maximum atomic E-state index is 12.6. The van der Waals surface area contributed by atoms with Crippen molar-refractivity contribution in [1.82, 2.24) is 4.90 Å². The highest BCUT2D eigenvalue weighted by Crippen LogP contribution is 2.31. The average Bonchev–Trinajstić information content (AvgIpc) is 2.53. The minimum atomic E-state index is -0.730. The molecule has 1 aliphatic rings. The van der Waals surface area contributed by atoms with E-state index in [2.05, 4.69) is 0 Å². The lowest BCUT2D eigenvalue weighted by Crippen LogP contribution is -2.37. The van der Waals surface area contributed by atoms with Gasteiger partial charge in [0.2, 0.25) is 5.91 Å². The molecule has 0 bridgehead atoms. The van der Waals surface area contributed by atoms with Gasteiger partial charge in [-0.3, -0.25) is 9.59 Å². The summed E-state index contributed by atoms with van der Waals surface area (Å²) in [6.45, 7) is 2.02. The van der Waals surface area contributed by atoms with Gasteiger partial charge in [-0.05, 0) is 38.2 Å². The van der Waals surface area contributed by atoms with E-state index in [1.165, 1.54) is 0 Å². The van der Waals surface area contributed by atoms with Gasteiger partial charge in [-0.25, -0.2) is 0 Å². The SMILES string of the molecule is C[C@@H](c1ccccc1)N(C)C(=O)C1CCC(C(=O)O)CC1. The summed E-state index contributed by atoms with van der Waals surface area (Å²) in [5.74, 6) is -0.898. The molecule has 1 N–H and O–H groups in total. The number of carbonyl (C=O) groups excluding carboxylic acids is 1. The van der Waals surface area contributed by atoms with Gasteiger partial charge in [0.25, 0.3) is 0 Å². The Morgan fingerprint density at radius 3 is 2.14 bits per heavy atom. The molecular formula is C17H23NO3. The first-order chi connectivity index (χ1) is 10.0. The van der Waals surface area contributed by atoms with E-state index in [9.17, 15) is 9.59 Å². The van der Waals surface area contributed by atoms with E-state index in [4.69, 9.17) is 5.11 Å². The fourth-order valence-corrected chi connectivity index (χ4v) is 3.02. The number of carboxylic acid groups (broad SMARTS) is 1. The molecule has 1 aromatic rings. The minimum absolute atomic E-state index is 0.0308. The Morgan fingerprint density at radius 2 is 1.62 bits per heavy atom. The molecule has 0 aliphatic heterocycles. The average molecular weight is 289 g/mol. The second-order valence-electron chi connectivity index (χ2n) is 5.92. The highest BCUT2D eigenvalue weighted by molar-refractivity contribution is 5.79. The molecule has 0 saturated heterocycles. The number of carbonyl (C=O) groups is 2. The molecule has 1 atom stereocenters. The maximum Gasteiger partial charge on any atom is 0.306 e. The van der Waals surface area contributed by atoms with Crippen molar-refractivity contribution in [2.45, 2.75) is 38.6 Å². The Labute approximate surface area is 125 Å². The van der Waals surface area contributed by atoms with Crippen molar-refractivity contribution >= 4 is 11.9 Å². The quantitative estimate of drug-likeness (QED) is 0.926. The van der Waals surface area contributed by atoms with Gasteiger partial charge in [0.05, 0.1) is 12.0 Å². The van der Waals surface area contributed by atoms with Crippen LogP contribution >= 0.6 is 0 Å². The first-order valence-electron chi connectivity index (χ1n) is 7.55. The highest BCUT2D eigenvalue weighted by atomic mass is 16.4. The molecule has 2 rings (SSSR count). The van der Waals surface area contributed by atoms with Gasteiger partial charge in [-0.15, -0.1) is 0 Å². The van der Waals surface area contributed by atoms with Gasteiger partial charge in [0, 0.05) is 13.0 Å². The van der Waals surface area contributed by atoms with Crippen LogP contribution in [0.1, 0.15) is 44.2 Å². The lowest BCUT2D eigenvalue weighted by Gasteiger charge is -2.32. The molecule has 4 heteroatoms. The first-order valence-corrected chi connectivity index (χ1v) is 7.55. The normalized spacial score (nSPS) is 23.3. The lowest BCUT2D eigenvalue weighted by atomic mass is 9.81. The molecule has 114 valence electrons. The number of hydrogen-bond donors (Lipinski definition) is 1. The third-order valence-electron chi connectivity index (χ3n) is 4.64. The van der Waals surface area contributed by atoms with Crippen LogP contribution in [0.3, 0.4) is 0 Å². The monoisotopic (exact) mass is 289 g/mol. The van der Waals surface area contributed by atoms with E-state index in [0.717, 1.165) is 5.56 Å². The van der Waals surface area contributed by atoms with Crippen molar-refractivity contribution in [3.8, 4) is 0 Å². The Balaban J connectivity index is 1.96. The van der Waals surface area contributed by atoms with Crippen LogP contribution in [0.25, 0.3) is 0 Å². The van der Waals surface area contributed by atoms with Crippen LogP contribution in [-0.2, 0) is 9.59 Å². The van der Waals surface area contributed by atoms with Gasteiger partial charge in [-0.1, -0.05) is 30.3 Å². The van der Waals surface area contributed by atoms with E-state index in [0.29, 0.717) is 25.7 Å². The van der Waals surface area contributed by atoms with E-state index in [1.807, 2.05) is 44.3 Å². The molecule has 21 heavy (non-hydrogen) atoms. The molecule has 1 amide bonds. The smallest absolute Gasteiger partial charge is 0.306 e. The molecular weight excluding hydrogens is 266 g/mol. The molecule has 4 nitrogen and oxygen atoms in total. The third-order valence-corrected chi connectivity index (χ3v) is 4.64. The summed E-state index contributed by atoms with van der Waals surface area (Å²) in [7, 11) is 1.84. The summed E-state index contributed by atoms with van der Waals surface area (Å²) in [5, 5.41) is 9.01. The minimum Gasteiger partial charge on any atom is -0.481 e. The number of carboxylic acids is 1. The number of nitrogens with zero attached hydrogens (tertiary/aromatic N) is 1. The van der Waals surface area contributed by atoms with Crippen molar-refractivity contribution in [3.05, 3.63) is 35.9 Å². The zero-order valence-corrected chi connectivity index (χ0v) is 12.7. The van der Waals surface area contributed by atoms with Crippen LogP contribution in [0, 0.1) is 11.8 Å². The van der Waals surface area contributed by atoms with E-state index in [1.54, 1.807) is 4.90 Å². The van der Waals surface area contributed by atoms with Crippen molar-refractivity contribution in [1.29, 1.82) is 0 Å². The number of rotatable bonds is 4. The van der Waals surface area contributed by atoms with Crippen LogP contribution in [0.2, 0.25) is 0 Å².